The van der Waals surface area contributed by atoms with Gasteiger partial charge in [0.25, 0.3) is 11.8 Å². The lowest BCUT2D eigenvalue weighted by Crippen LogP contribution is -2.29. The van der Waals surface area contributed by atoms with Crippen LogP contribution in [0.3, 0.4) is 0 Å². The molecule has 2 aromatic carbocycles. The summed E-state index contributed by atoms with van der Waals surface area (Å²) in [5, 5.41) is 1.47. The largest absolute Gasteiger partial charge is 0.462 e. The van der Waals surface area contributed by atoms with Crippen molar-refractivity contribution >= 4 is 45.4 Å². The van der Waals surface area contributed by atoms with Crippen LogP contribution in [0, 0.1) is 0 Å². The van der Waals surface area contributed by atoms with Crippen molar-refractivity contribution in [3.8, 4) is 0 Å². The summed E-state index contributed by atoms with van der Waals surface area (Å²) >= 11 is 0. The summed E-state index contributed by atoms with van der Waals surface area (Å²) in [5.74, 6) is -1.64. The number of para-hydroxylation sites is 1. The molecule has 0 saturated carbocycles. The number of aromatic nitrogens is 2. The van der Waals surface area contributed by atoms with Crippen molar-refractivity contribution in [1.29, 1.82) is 0 Å². The van der Waals surface area contributed by atoms with Gasteiger partial charge in [0, 0.05) is 24.0 Å². The van der Waals surface area contributed by atoms with Crippen LogP contribution in [-0.4, -0.2) is 33.9 Å². The van der Waals surface area contributed by atoms with E-state index in [1.54, 1.807) is 67.2 Å². The fourth-order valence-corrected chi connectivity index (χ4v) is 4.13. The average Bonchev–Trinajstić information content (AvgIpc) is 3.20. The number of ether oxygens (including phenoxy) is 1. The molecule has 30 heavy (non-hydrogen) atoms. The molecule has 0 saturated heterocycles. The number of carbonyl (C=O) groups is 3. The summed E-state index contributed by atoms with van der Waals surface area (Å²) < 4.78 is 6.99. The number of pyridine rings is 1. The third-order valence-electron chi connectivity index (χ3n) is 5.37. The molecule has 5 rings (SSSR count). The standard InChI is InChI=1S/C23H17N3O4/c1-3-30-23(29)16-12-15-14-10-7-11-24-20(14)25(2)19(15)18-17(16)21(27)26(22(18)28)13-8-5-4-6-9-13/h4-12H,3H2,1-2H3. The first kappa shape index (κ1) is 18.1. The van der Waals surface area contributed by atoms with Crippen LogP contribution in [0.2, 0.25) is 0 Å². The first-order valence-corrected chi connectivity index (χ1v) is 9.55. The predicted octanol–water partition coefficient (Wildman–Crippen LogP) is 3.70. The van der Waals surface area contributed by atoms with Crippen molar-refractivity contribution in [2.75, 3.05) is 11.5 Å². The molecule has 0 unspecified atom stereocenters. The molecule has 0 atom stereocenters. The van der Waals surface area contributed by atoms with Crippen LogP contribution < -0.4 is 4.90 Å². The number of esters is 1. The monoisotopic (exact) mass is 399 g/mol. The molecule has 0 bridgehead atoms. The molecule has 2 amide bonds. The summed E-state index contributed by atoms with van der Waals surface area (Å²) in [6, 6.07) is 14.0. The lowest BCUT2D eigenvalue weighted by molar-refractivity contribution is 0.0523. The molecule has 2 aromatic heterocycles. The van der Waals surface area contributed by atoms with Gasteiger partial charge in [0.2, 0.25) is 0 Å². The number of nitrogens with zero attached hydrogens (tertiary/aromatic N) is 3. The maximum atomic E-state index is 13.5. The number of carbonyl (C=O) groups excluding carboxylic acids is 3. The topological polar surface area (TPSA) is 81.5 Å². The molecule has 1 aliphatic heterocycles. The Morgan fingerprint density at radius 3 is 2.47 bits per heavy atom. The van der Waals surface area contributed by atoms with E-state index in [0.717, 1.165) is 10.3 Å². The molecule has 3 heterocycles. The van der Waals surface area contributed by atoms with E-state index in [-0.39, 0.29) is 23.3 Å². The van der Waals surface area contributed by atoms with Gasteiger partial charge in [-0.05, 0) is 37.3 Å². The molecule has 0 N–H and O–H groups in total. The predicted molar refractivity (Wildman–Crippen MR) is 112 cm³/mol. The van der Waals surface area contributed by atoms with Gasteiger partial charge in [-0.1, -0.05) is 18.2 Å². The van der Waals surface area contributed by atoms with Gasteiger partial charge in [-0.15, -0.1) is 0 Å². The molecule has 1 aliphatic rings. The fourth-order valence-electron chi connectivity index (χ4n) is 4.13. The minimum atomic E-state index is -0.632. The van der Waals surface area contributed by atoms with E-state index in [1.807, 2.05) is 6.07 Å². The van der Waals surface area contributed by atoms with Crippen LogP contribution in [0.15, 0.2) is 54.7 Å². The molecule has 0 radical (unpaired) electrons. The van der Waals surface area contributed by atoms with Crippen LogP contribution in [0.25, 0.3) is 21.9 Å². The second kappa shape index (κ2) is 6.52. The number of fused-ring (bicyclic) bond motifs is 5. The van der Waals surface area contributed by atoms with Crippen LogP contribution in [-0.2, 0) is 11.8 Å². The van der Waals surface area contributed by atoms with Gasteiger partial charge in [0.05, 0.1) is 34.5 Å². The number of aryl methyl sites for hydroxylation is 1. The molecule has 0 fully saturated rings. The Labute approximate surface area is 171 Å². The summed E-state index contributed by atoms with van der Waals surface area (Å²) in [4.78, 5) is 45.2. The minimum absolute atomic E-state index is 0.0701. The van der Waals surface area contributed by atoms with Crippen LogP contribution >= 0.6 is 0 Å². The molecule has 7 nitrogen and oxygen atoms in total. The van der Waals surface area contributed by atoms with Crippen LogP contribution in [0.1, 0.15) is 38.0 Å². The Bertz CT molecular complexity index is 1370. The Morgan fingerprint density at radius 1 is 1.00 bits per heavy atom. The number of benzene rings is 2. The van der Waals surface area contributed by atoms with Crippen LogP contribution in [0.5, 0.6) is 0 Å². The fraction of sp³-hybridized carbons (Fsp3) is 0.130. The summed E-state index contributed by atoms with van der Waals surface area (Å²) in [6.07, 6.45) is 1.66. The minimum Gasteiger partial charge on any atom is -0.462 e. The maximum absolute atomic E-state index is 13.5. The van der Waals surface area contributed by atoms with Gasteiger partial charge in [0.15, 0.2) is 0 Å². The quantitative estimate of drug-likeness (QED) is 0.388. The van der Waals surface area contributed by atoms with E-state index in [2.05, 4.69) is 4.98 Å². The first-order valence-electron chi connectivity index (χ1n) is 9.55. The van der Waals surface area contributed by atoms with Gasteiger partial charge < -0.3 is 9.30 Å². The van der Waals surface area contributed by atoms with E-state index < -0.39 is 17.8 Å². The molecule has 0 aliphatic carbocycles. The number of anilines is 1. The highest BCUT2D eigenvalue weighted by molar-refractivity contribution is 6.40. The van der Waals surface area contributed by atoms with E-state index >= 15 is 0 Å². The van der Waals surface area contributed by atoms with Gasteiger partial charge in [0.1, 0.15) is 5.65 Å². The van der Waals surface area contributed by atoms with Crippen molar-refractivity contribution in [2.45, 2.75) is 6.92 Å². The lowest BCUT2D eigenvalue weighted by Gasteiger charge is -2.13. The van der Waals surface area contributed by atoms with E-state index in [9.17, 15) is 14.4 Å². The highest BCUT2D eigenvalue weighted by atomic mass is 16.5. The number of rotatable bonds is 3. The molecule has 7 heteroatoms. The summed E-state index contributed by atoms with van der Waals surface area (Å²) in [6.45, 7) is 1.86. The third-order valence-corrected chi connectivity index (χ3v) is 5.37. The van der Waals surface area contributed by atoms with Crippen molar-refractivity contribution in [3.05, 3.63) is 71.4 Å². The third kappa shape index (κ3) is 2.32. The maximum Gasteiger partial charge on any atom is 0.338 e. The molecule has 0 spiro atoms. The number of imide groups is 1. The summed E-state index contributed by atoms with van der Waals surface area (Å²) in [5.41, 5.74) is 2.04. The average molecular weight is 399 g/mol. The second-order valence-electron chi connectivity index (χ2n) is 7.01. The molecular weight excluding hydrogens is 382 g/mol. The lowest BCUT2D eigenvalue weighted by atomic mass is 9.98. The zero-order chi connectivity index (χ0) is 21.0. The van der Waals surface area contributed by atoms with Crippen molar-refractivity contribution < 1.29 is 19.1 Å². The Kier molecular flexibility index (Phi) is 3.92. The van der Waals surface area contributed by atoms with E-state index in [0.29, 0.717) is 22.2 Å². The molecule has 148 valence electrons. The molecular formula is C23H17N3O4. The smallest absolute Gasteiger partial charge is 0.338 e. The first-order chi connectivity index (χ1) is 14.5. The van der Waals surface area contributed by atoms with E-state index in [4.69, 9.17) is 4.74 Å². The van der Waals surface area contributed by atoms with Gasteiger partial charge in [-0.3, -0.25) is 9.59 Å². The van der Waals surface area contributed by atoms with Crippen molar-refractivity contribution in [1.82, 2.24) is 9.55 Å². The number of amides is 2. The highest BCUT2D eigenvalue weighted by Gasteiger charge is 2.42. The van der Waals surface area contributed by atoms with Gasteiger partial charge >= 0.3 is 5.97 Å². The zero-order valence-electron chi connectivity index (χ0n) is 16.4. The Morgan fingerprint density at radius 2 is 1.73 bits per heavy atom. The van der Waals surface area contributed by atoms with Crippen LogP contribution in [0.4, 0.5) is 5.69 Å². The van der Waals surface area contributed by atoms with E-state index in [1.165, 1.54) is 0 Å². The number of hydrogen-bond acceptors (Lipinski definition) is 5. The zero-order valence-corrected chi connectivity index (χ0v) is 16.4. The normalized spacial score (nSPS) is 13.3. The number of hydrogen-bond donors (Lipinski definition) is 0. The highest BCUT2D eigenvalue weighted by Crippen LogP contribution is 2.39. The second-order valence-corrected chi connectivity index (χ2v) is 7.01. The Balaban J connectivity index is 1.89. The Hall–Kier alpha value is -4.00. The van der Waals surface area contributed by atoms with Gasteiger partial charge in [-0.25, -0.2) is 14.7 Å². The van der Waals surface area contributed by atoms with Gasteiger partial charge in [-0.2, -0.15) is 0 Å². The van der Waals surface area contributed by atoms with Crippen molar-refractivity contribution in [2.24, 2.45) is 7.05 Å². The molecule has 4 aromatic rings. The SMILES string of the molecule is CCOC(=O)c1cc2c3cccnc3n(C)c2c2c1C(=O)N(c1ccccc1)C2=O. The summed E-state index contributed by atoms with van der Waals surface area (Å²) in [7, 11) is 1.80. The van der Waals surface area contributed by atoms with Crippen molar-refractivity contribution in [3.63, 3.8) is 0 Å².